The number of hydrogen-bond donors (Lipinski definition) is 6. The molecule has 6 N–H and O–H groups in total. The predicted molar refractivity (Wildman–Crippen MR) is 220 cm³/mol. The number of aromatic hydroxyl groups is 3. The third-order valence-electron chi connectivity index (χ3n) is 11.9. The number of aliphatic hydroxyl groups is 2. The number of ether oxygens (including phenoxy) is 4. The van der Waals surface area contributed by atoms with Gasteiger partial charge < -0.3 is 54.7 Å². The Kier molecular flexibility index (Phi) is 13.7. The Balaban J connectivity index is 1.70. The van der Waals surface area contributed by atoms with Crippen LogP contribution < -0.4 is 10.1 Å². The van der Waals surface area contributed by atoms with Crippen LogP contribution in [0.25, 0.3) is 10.8 Å². The monoisotopic (exact) mass is 822 g/mol. The first-order chi connectivity index (χ1) is 27.7. The van der Waals surface area contributed by atoms with Crippen LogP contribution in [0.2, 0.25) is 0 Å². The number of nitrogens with one attached hydrogen (secondary N) is 1. The summed E-state index contributed by atoms with van der Waals surface area (Å²) in [5, 5.41) is 66.8. The van der Waals surface area contributed by atoms with E-state index >= 15 is 0 Å². The lowest BCUT2D eigenvalue weighted by molar-refractivity contribution is -0.160. The SMILES string of the molecule is COC1/C=C\OC2(C)Oc3c(C)c(O)c4c(O)c(c(/C=N/N5CCN(C)CC5)c(O)c4c3C2=O)NC(=O)/C(C)=C\C=C/C(C)C(O)C(C)C(O)C(C)C(OC(C)=O)C1C. The highest BCUT2D eigenvalue weighted by molar-refractivity contribution is 6.23. The molecule has 4 heterocycles. The number of methoxy groups -OCH3 is 1. The van der Waals surface area contributed by atoms with Gasteiger partial charge in [0, 0.05) is 87.3 Å². The van der Waals surface area contributed by atoms with Gasteiger partial charge in [0.25, 0.3) is 11.7 Å². The van der Waals surface area contributed by atoms with E-state index in [2.05, 4.69) is 15.3 Å². The van der Waals surface area contributed by atoms with Gasteiger partial charge in [-0.1, -0.05) is 45.9 Å². The van der Waals surface area contributed by atoms with Gasteiger partial charge in [-0.05, 0) is 27.0 Å². The van der Waals surface area contributed by atoms with E-state index in [-0.39, 0.29) is 44.5 Å². The van der Waals surface area contributed by atoms with Crippen LogP contribution in [0.5, 0.6) is 23.0 Å². The van der Waals surface area contributed by atoms with E-state index in [9.17, 15) is 39.9 Å². The second-order valence-electron chi connectivity index (χ2n) is 16.1. The third kappa shape index (κ3) is 8.91. The Labute approximate surface area is 344 Å². The minimum absolute atomic E-state index is 0.0559. The third-order valence-corrected chi connectivity index (χ3v) is 11.9. The molecule has 16 nitrogen and oxygen atoms in total. The number of benzene rings is 2. The smallest absolute Gasteiger partial charge is 0.312 e. The first kappa shape index (κ1) is 44.9. The highest BCUT2D eigenvalue weighted by atomic mass is 16.7. The van der Waals surface area contributed by atoms with Crippen LogP contribution >= 0.6 is 0 Å². The minimum atomic E-state index is -2.04. The number of phenolic OH excluding ortho intramolecular Hbond substituents is 3. The number of likely N-dealkylation sites (N-methyl/N-ethyl adjacent to an activating group) is 1. The summed E-state index contributed by atoms with van der Waals surface area (Å²) in [6.07, 6.45) is 4.86. The molecular weight excluding hydrogens is 764 g/mol. The Morgan fingerprint density at radius 1 is 0.949 bits per heavy atom. The molecule has 0 aromatic heterocycles. The van der Waals surface area contributed by atoms with Crippen molar-refractivity contribution in [2.24, 2.45) is 28.8 Å². The number of fused-ring (bicyclic) bond motifs is 14. The summed E-state index contributed by atoms with van der Waals surface area (Å²) in [7, 11) is 3.42. The molecule has 16 heteroatoms. The summed E-state index contributed by atoms with van der Waals surface area (Å²) in [5.41, 5.74) is -0.350. The predicted octanol–water partition coefficient (Wildman–Crippen LogP) is 4.34. The van der Waals surface area contributed by atoms with Gasteiger partial charge in [-0.2, -0.15) is 5.10 Å². The number of ketones is 1. The maximum atomic E-state index is 14.4. The summed E-state index contributed by atoms with van der Waals surface area (Å²) in [4.78, 5) is 42.6. The maximum Gasteiger partial charge on any atom is 0.312 e. The fourth-order valence-electron chi connectivity index (χ4n) is 7.92. The van der Waals surface area contributed by atoms with E-state index in [0.717, 1.165) is 13.1 Å². The number of aliphatic hydroxyl groups excluding tert-OH is 2. The minimum Gasteiger partial charge on any atom is -0.507 e. The van der Waals surface area contributed by atoms with E-state index in [1.165, 1.54) is 59.4 Å². The molecule has 0 radical (unpaired) electrons. The van der Waals surface area contributed by atoms with E-state index in [1.807, 2.05) is 7.05 Å². The number of piperazine rings is 1. The van der Waals surface area contributed by atoms with Crippen molar-refractivity contribution in [3.63, 3.8) is 0 Å². The van der Waals surface area contributed by atoms with Crippen molar-refractivity contribution >= 4 is 40.3 Å². The number of esters is 1. The van der Waals surface area contributed by atoms with Crippen LogP contribution in [-0.4, -0.2) is 130 Å². The standard InChI is InChI=1S/C43H58N4O12/c1-21-12-11-13-22(2)42(55)45-33-28(20-44-47-17-15-46(9)16-18-47)37(52)30-31(38(33)53)36(51)26(6)40-32(30)41(54)43(8,59-40)57-19-14-29(56-10)23(3)39(58-27(7)48)25(5)35(50)24(4)34(21)49/h11-14,19-21,23-25,29,34-35,39,49-53H,15-18H2,1-10H3,(H,45,55)/b12-11-,19-14-,22-13-,44-20+. The van der Waals surface area contributed by atoms with Crippen molar-refractivity contribution in [2.45, 2.75) is 85.6 Å². The van der Waals surface area contributed by atoms with E-state index in [0.29, 0.717) is 13.1 Å². The topological polar surface area (TPSA) is 220 Å². The molecule has 2 aromatic carbocycles. The molecule has 1 saturated heterocycles. The number of carbonyl (C=O) groups excluding carboxylic acids is 3. The first-order valence-corrected chi connectivity index (χ1v) is 19.8. The molecule has 2 aromatic rings. The largest absolute Gasteiger partial charge is 0.507 e. The Morgan fingerprint density at radius 3 is 2.24 bits per heavy atom. The Bertz CT molecular complexity index is 2070. The zero-order chi connectivity index (χ0) is 43.7. The second kappa shape index (κ2) is 18.0. The van der Waals surface area contributed by atoms with Crippen molar-refractivity contribution in [1.82, 2.24) is 9.91 Å². The fourth-order valence-corrected chi connectivity index (χ4v) is 7.92. The lowest BCUT2D eigenvalue weighted by atomic mass is 9.78. The number of phenols is 3. The second-order valence-corrected chi connectivity index (χ2v) is 16.1. The zero-order valence-corrected chi connectivity index (χ0v) is 35.3. The van der Waals surface area contributed by atoms with E-state index in [1.54, 1.807) is 44.9 Å². The highest BCUT2D eigenvalue weighted by Gasteiger charge is 2.50. The molecule has 4 aliphatic heterocycles. The van der Waals surface area contributed by atoms with Crippen molar-refractivity contribution in [2.75, 3.05) is 45.7 Å². The number of rotatable bonds is 4. The van der Waals surface area contributed by atoms with Gasteiger partial charge in [0.15, 0.2) is 5.75 Å². The molecule has 0 spiro atoms. The van der Waals surface area contributed by atoms with Crippen molar-refractivity contribution < 1.29 is 58.9 Å². The first-order valence-electron chi connectivity index (χ1n) is 19.8. The van der Waals surface area contributed by atoms with Gasteiger partial charge in [0.05, 0.1) is 53.0 Å². The van der Waals surface area contributed by atoms with Crippen molar-refractivity contribution in [3.8, 4) is 23.0 Å². The van der Waals surface area contributed by atoms with Gasteiger partial charge in [-0.3, -0.25) is 19.4 Å². The van der Waals surface area contributed by atoms with Crippen LogP contribution in [0, 0.1) is 30.6 Å². The number of hydrogen-bond acceptors (Lipinski definition) is 15. The van der Waals surface area contributed by atoms with Crippen LogP contribution in [-0.2, 0) is 23.8 Å². The van der Waals surface area contributed by atoms with Crippen molar-refractivity contribution in [1.29, 1.82) is 0 Å². The lowest BCUT2D eigenvalue weighted by Crippen LogP contribution is -2.46. The lowest BCUT2D eigenvalue weighted by Gasteiger charge is -2.38. The van der Waals surface area contributed by atoms with Gasteiger partial charge >= 0.3 is 11.8 Å². The van der Waals surface area contributed by atoms with Crippen molar-refractivity contribution in [3.05, 3.63) is 52.8 Å². The molecule has 4 aliphatic rings. The molecule has 1 fully saturated rings. The number of allylic oxidation sites excluding steroid dienone is 2. The van der Waals surface area contributed by atoms with Gasteiger partial charge in [-0.25, -0.2) is 0 Å². The fraction of sp³-hybridized carbons (Fsp3) is 0.535. The molecule has 6 rings (SSSR count). The van der Waals surface area contributed by atoms with Crippen LogP contribution in [0.4, 0.5) is 5.69 Å². The van der Waals surface area contributed by atoms with Crippen LogP contribution in [0.15, 0.2) is 41.2 Å². The zero-order valence-electron chi connectivity index (χ0n) is 35.3. The summed E-state index contributed by atoms with van der Waals surface area (Å²) < 4.78 is 23.6. The Morgan fingerprint density at radius 2 is 1.61 bits per heavy atom. The van der Waals surface area contributed by atoms with Crippen LogP contribution in [0.1, 0.15) is 70.0 Å². The normalized spacial score (nSPS) is 32.1. The number of anilines is 1. The molecule has 9 unspecified atom stereocenters. The van der Waals surface area contributed by atoms with E-state index < -0.39 is 88.8 Å². The summed E-state index contributed by atoms with van der Waals surface area (Å²) in [5.74, 6) is -8.34. The molecule has 0 saturated carbocycles. The number of amides is 1. The average Bonchev–Trinajstić information content (AvgIpc) is 3.46. The summed E-state index contributed by atoms with van der Waals surface area (Å²) >= 11 is 0. The van der Waals surface area contributed by atoms with Gasteiger partial charge in [0.2, 0.25) is 0 Å². The summed E-state index contributed by atoms with van der Waals surface area (Å²) in [6.45, 7) is 15.1. The van der Waals surface area contributed by atoms with E-state index in [4.69, 9.17) is 18.9 Å². The molecule has 59 heavy (non-hydrogen) atoms. The quantitative estimate of drug-likeness (QED) is 0.109. The Hall–Kier alpha value is -5.16. The maximum absolute atomic E-state index is 14.4. The van der Waals surface area contributed by atoms with Gasteiger partial charge in [-0.15, -0.1) is 0 Å². The highest BCUT2D eigenvalue weighted by Crippen LogP contribution is 2.55. The molecular formula is C43H58N4O12. The number of hydrazone groups is 1. The van der Waals surface area contributed by atoms with Gasteiger partial charge in [0.1, 0.15) is 23.4 Å². The number of carbonyl (C=O) groups is 3. The number of nitrogens with zero attached hydrogens (tertiary/aromatic N) is 3. The average molecular weight is 823 g/mol. The molecule has 322 valence electrons. The molecule has 9 atom stereocenters. The van der Waals surface area contributed by atoms with Crippen LogP contribution in [0.3, 0.4) is 0 Å². The molecule has 5 bridgehead atoms. The molecule has 1 amide bonds. The summed E-state index contributed by atoms with van der Waals surface area (Å²) in [6, 6.07) is 0. The number of Topliss-reactive ketones (excluding diaryl/α,β-unsaturated/α-hetero) is 1. The molecule has 0 aliphatic carbocycles.